The molecule has 8 heteroatoms. The maximum atomic E-state index is 13.2. The number of amides is 2. The number of carbonyl (C=O) groups excluding carboxylic acids is 2. The van der Waals surface area contributed by atoms with E-state index >= 15 is 0 Å². The molecule has 0 unspecified atom stereocenters. The highest BCUT2D eigenvalue weighted by atomic mass is 16.6. The van der Waals surface area contributed by atoms with Crippen LogP contribution in [0.2, 0.25) is 0 Å². The lowest BCUT2D eigenvalue weighted by molar-refractivity contribution is -0.384. The fourth-order valence-electron chi connectivity index (χ4n) is 4.29. The molecular formula is C25H28N4O4. The van der Waals surface area contributed by atoms with E-state index in [1.54, 1.807) is 0 Å². The second kappa shape index (κ2) is 9.44. The number of benzene rings is 2. The van der Waals surface area contributed by atoms with Crippen LogP contribution in [-0.4, -0.2) is 41.3 Å². The normalized spacial score (nSPS) is 16.7. The summed E-state index contributed by atoms with van der Waals surface area (Å²) < 4.78 is 0. The molecule has 2 heterocycles. The van der Waals surface area contributed by atoms with Crippen LogP contribution in [0.5, 0.6) is 0 Å². The van der Waals surface area contributed by atoms with Gasteiger partial charge in [0.05, 0.1) is 10.5 Å². The molecule has 33 heavy (non-hydrogen) atoms. The van der Waals surface area contributed by atoms with Crippen LogP contribution in [-0.2, 0) is 9.59 Å². The Morgan fingerprint density at radius 2 is 1.58 bits per heavy atom. The Morgan fingerprint density at radius 1 is 0.939 bits per heavy atom. The summed E-state index contributed by atoms with van der Waals surface area (Å²) >= 11 is 0. The van der Waals surface area contributed by atoms with Crippen molar-refractivity contribution >= 4 is 34.4 Å². The number of nitrogens with one attached hydrogen (secondary N) is 1. The lowest BCUT2D eigenvalue weighted by Gasteiger charge is -2.28. The molecule has 2 aromatic carbocycles. The molecule has 0 spiro atoms. The van der Waals surface area contributed by atoms with E-state index in [4.69, 9.17) is 0 Å². The minimum atomic E-state index is -0.492. The fraction of sp³-hybridized carbons (Fsp3) is 0.360. The maximum Gasteiger partial charge on any atom is 0.278 e. The van der Waals surface area contributed by atoms with E-state index in [1.165, 1.54) is 48.4 Å². The molecule has 0 aliphatic carbocycles. The number of carbonyl (C=O) groups is 2. The van der Waals surface area contributed by atoms with E-state index in [2.05, 4.69) is 10.2 Å². The average Bonchev–Trinajstić information content (AvgIpc) is 3.04. The van der Waals surface area contributed by atoms with Gasteiger partial charge in [-0.25, -0.2) is 0 Å². The van der Waals surface area contributed by atoms with Crippen molar-refractivity contribution in [2.75, 3.05) is 29.9 Å². The summed E-state index contributed by atoms with van der Waals surface area (Å²) in [6.45, 7) is 6.26. The van der Waals surface area contributed by atoms with Crippen LogP contribution in [0.3, 0.4) is 0 Å². The van der Waals surface area contributed by atoms with E-state index in [0.29, 0.717) is 17.8 Å². The van der Waals surface area contributed by atoms with Gasteiger partial charge in [0.25, 0.3) is 17.5 Å². The first kappa shape index (κ1) is 22.5. The first-order chi connectivity index (χ1) is 15.8. The zero-order chi connectivity index (χ0) is 23.5. The number of anilines is 2. The zero-order valence-electron chi connectivity index (χ0n) is 18.9. The highest BCUT2D eigenvalue weighted by Gasteiger charge is 2.39. The molecule has 2 amide bonds. The molecule has 1 N–H and O–H groups in total. The molecule has 4 rings (SSSR count). The number of imide groups is 1. The Bertz CT molecular complexity index is 1080. The number of nitrogens with zero attached hydrogens (tertiary/aromatic N) is 3. The van der Waals surface area contributed by atoms with E-state index in [9.17, 15) is 19.7 Å². The van der Waals surface area contributed by atoms with Gasteiger partial charge in [0.2, 0.25) is 0 Å². The molecular weight excluding hydrogens is 420 g/mol. The quantitative estimate of drug-likeness (QED) is 0.382. The number of nitro benzene ring substituents is 1. The first-order valence-corrected chi connectivity index (χ1v) is 11.3. The van der Waals surface area contributed by atoms with Gasteiger partial charge in [-0.1, -0.05) is 13.8 Å². The fourth-order valence-corrected chi connectivity index (χ4v) is 4.29. The van der Waals surface area contributed by atoms with Crippen LogP contribution >= 0.6 is 0 Å². The highest BCUT2D eigenvalue weighted by Crippen LogP contribution is 2.32. The second-order valence-electron chi connectivity index (χ2n) is 8.89. The van der Waals surface area contributed by atoms with Gasteiger partial charge in [-0.15, -0.1) is 0 Å². The SMILES string of the molecule is CC(C)CN1C(=O)C(Nc2ccc(N3CCCCC3)cc2)=C(c2ccc([N+](=O)[O-])cc2)C1=O. The average molecular weight is 449 g/mol. The number of piperidine rings is 1. The lowest BCUT2D eigenvalue weighted by atomic mass is 10.0. The molecule has 0 atom stereocenters. The van der Waals surface area contributed by atoms with Crippen LogP contribution in [0.1, 0.15) is 38.7 Å². The van der Waals surface area contributed by atoms with E-state index in [-0.39, 0.29) is 28.8 Å². The van der Waals surface area contributed by atoms with Gasteiger partial charge in [0, 0.05) is 43.1 Å². The first-order valence-electron chi connectivity index (χ1n) is 11.3. The van der Waals surface area contributed by atoms with E-state index in [0.717, 1.165) is 18.8 Å². The summed E-state index contributed by atoms with van der Waals surface area (Å²) in [4.78, 5) is 40.5. The van der Waals surface area contributed by atoms with Crippen molar-refractivity contribution in [3.05, 3.63) is 69.9 Å². The zero-order valence-corrected chi connectivity index (χ0v) is 18.9. The van der Waals surface area contributed by atoms with Gasteiger partial charge in [0.1, 0.15) is 5.70 Å². The third kappa shape index (κ3) is 4.74. The van der Waals surface area contributed by atoms with Gasteiger partial charge in [0.15, 0.2) is 0 Å². The smallest absolute Gasteiger partial charge is 0.278 e. The Hall–Kier alpha value is -3.68. The molecule has 0 bridgehead atoms. The monoisotopic (exact) mass is 448 g/mol. The van der Waals surface area contributed by atoms with Crippen molar-refractivity contribution in [2.24, 2.45) is 5.92 Å². The van der Waals surface area contributed by atoms with Crippen molar-refractivity contribution < 1.29 is 14.5 Å². The van der Waals surface area contributed by atoms with Crippen LogP contribution in [0, 0.1) is 16.0 Å². The van der Waals surface area contributed by atoms with Crippen LogP contribution < -0.4 is 10.2 Å². The predicted octanol–water partition coefficient (Wildman–Crippen LogP) is 4.43. The minimum Gasteiger partial charge on any atom is -0.372 e. The Morgan fingerprint density at radius 3 is 2.15 bits per heavy atom. The Kier molecular flexibility index (Phi) is 6.44. The number of rotatable bonds is 7. The number of hydrogen-bond acceptors (Lipinski definition) is 6. The van der Waals surface area contributed by atoms with Crippen molar-refractivity contribution in [1.29, 1.82) is 0 Å². The number of hydrogen-bond donors (Lipinski definition) is 1. The Labute approximate surface area is 193 Å². The van der Waals surface area contributed by atoms with Crippen LogP contribution in [0.4, 0.5) is 17.1 Å². The number of nitro groups is 1. The van der Waals surface area contributed by atoms with Crippen molar-refractivity contribution in [1.82, 2.24) is 4.90 Å². The summed E-state index contributed by atoms with van der Waals surface area (Å²) in [5.74, 6) is -0.670. The summed E-state index contributed by atoms with van der Waals surface area (Å²) in [5, 5.41) is 14.2. The van der Waals surface area contributed by atoms with Crippen molar-refractivity contribution in [2.45, 2.75) is 33.1 Å². The Balaban J connectivity index is 1.65. The molecule has 2 aliphatic heterocycles. The third-order valence-electron chi connectivity index (χ3n) is 5.94. The highest BCUT2D eigenvalue weighted by molar-refractivity contribution is 6.36. The van der Waals surface area contributed by atoms with Crippen molar-refractivity contribution in [3.63, 3.8) is 0 Å². The summed E-state index contributed by atoms with van der Waals surface area (Å²) in [5.41, 5.74) is 2.67. The van der Waals surface area contributed by atoms with Crippen LogP contribution in [0.15, 0.2) is 54.2 Å². The third-order valence-corrected chi connectivity index (χ3v) is 5.94. The molecule has 0 saturated carbocycles. The van der Waals surface area contributed by atoms with Crippen LogP contribution in [0.25, 0.3) is 5.57 Å². The lowest BCUT2D eigenvalue weighted by Crippen LogP contribution is -2.35. The van der Waals surface area contributed by atoms with E-state index < -0.39 is 10.8 Å². The second-order valence-corrected chi connectivity index (χ2v) is 8.89. The molecule has 2 aromatic rings. The summed E-state index contributed by atoms with van der Waals surface area (Å²) in [7, 11) is 0. The van der Waals surface area contributed by atoms with E-state index in [1.807, 2.05) is 38.1 Å². The van der Waals surface area contributed by atoms with Gasteiger partial charge >= 0.3 is 0 Å². The summed E-state index contributed by atoms with van der Waals surface area (Å²) in [6.07, 6.45) is 3.64. The standard InChI is InChI=1S/C25H28N4O4/c1-17(2)16-28-24(30)22(18-6-10-21(11-7-18)29(32)33)23(25(28)31)26-19-8-12-20(13-9-19)27-14-4-3-5-15-27/h6-13,17,26H,3-5,14-16H2,1-2H3. The molecule has 0 aromatic heterocycles. The summed E-state index contributed by atoms with van der Waals surface area (Å²) in [6, 6.07) is 13.6. The number of non-ortho nitro benzene ring substituents is 1. The maximum absolute atomic E-state index is 13.2. The topological polar surface area (TPSA) is 95.8 Å². The molecule has 1 fully saturated rings. The minimum absolute atomic E-state index is 0.0713. The molecule has 0 radical (unpaired) electrons. The van der Waals surface area contributed by atoms with Gasteiger partial charge in [-0.2, -0.15) is 0 Å². The van der Waals surface area contributed by atoms with Gasteiger partial charge in [-0.3, -0.25) is 24.6 Å². The molecule has 2 aliphatic rings. The van der Waals surface area contributed by atoms with Crippen molar-refractivity contribution in [3.8, 4) is 0 Å². The molecule has 172 valence electrons. The van der Waals surface area contributed by atoms with Gasteiger partial charge in [-0.05, 0) is 67.1 Å². The molecule has 8 nitrogen and oxygen atoms in total. The predicted molar refractivity (Wildman–Crippen MR) is 128 cm³/mol. The largest absolute Gasteiger partial charge is 0.372 e. The molecule has 1 saturated heterocycles. The van der Waals surface area contributed by atoms with Gasteiger partial charge < -0.3 is 10.2 Å².